The largest absolute Gasteiger partial charge is 0.348 e. The van der Waals surface area contributed by atoms with Gasteiger partial charge in [0.25, 0.3) is 0 Å². The van der Waals surface area contributed by atoms with Crippen LogP contribution in [0.15, 0.2) is 6.20 Å². The van der Waals surface area contributed by atoms with Gasteiger partial charge in [-0.15, -0.1) is 0 Å². The minimum absolute atomic E-state index is 0.0674. The molecular formula is C18H29N5O. The average Bonchev–Trinajstić information content (AvgIpc) is 3.26. The molecule has 6 nitrogen and oxygen atoms in total. The maximum atomic E-state index is 12.1. The Balaban J connectivity index is 1.68. The summed E-state index contributed by atoms with van der Waals surface area (Å²) in [6.45, 7) is 6.01. The van der Waals surface area contributed by atoms with Gasteiger partial charge in [0.1, 0.15) is 0 Å². The van der Waals surface area contributed by atoms with Crippen LogP contribution in [-0.2, 0) is 4.79 Å². The molecule has 1 saturated carbocycles. The number of nitrogens with two attached hydrogens (primary N) is 1. The van der Waals surface area contributed by atoms with Crippen LogP contribution in [0.4, 0.5) is 5.95 Å². The first-order valence-electron chi connectivity index (χ1n) is 9.18. The summed E-state index contributed by atoms with van der Waals surface area (Å²) in [5.41, 5.74) is 7.20. The van der Waals surface area contributed by atoms with Gasteiger partial charge >= 0.3 is 0 Å². The highest BCUT2D eigenvalue weighted by Crippen LogP contribution is 2.33. The Morgan fingerprint density at radius 3 is 2.46 bits per heavy atom. The van der Waals surface area contributed by atoms with E-state index in [1.807, 2.05) is 20.0 Å². The molecule has 1 aliphatic heterocycles. The van der Waals surface area contributed by atoms with Crippen LogP contribution in [0.3, 0.4) is 0 Å². The van der Waals surface area contributed by atoms with E-state index in [-0.39, 0.29) is 11.9 Å². The van der Waals surface area contributed by atoms with Crippen LogP contribution in [0.1, 0.15) is 69.2 Å². The normalized spacial score (nSPS) is 21.5. The molecule has 0 unspecified atom stereocenters. The zero-order valence-electron chi connectivity index (χ0n) is 14.8. The van der Waals surface area contributed by atoms with Crippen molar-refractivity contribution in [1.82, 2.24) is 15.3 Å². The summed E-state index contributed by atoms with van der Waals surface area (Å²) in [6, 6.07) is -0.125. The first kappa shape index (κ1) is 17.1. The van der Waals surface area contributed by atoms with Crippen LogP contribution in [0.25, 0.3) is 0 Å². The van der Waals surface area contributed by atoms with Gasteiger partial charge < -0.3 is 16.0 Å². The summed E-state index contributed by atoms with van der Waals surface area (Å²) in [7, 11) is 0. The third kappa shape index (κ3) is 3.86. The van der Waals surface area contributed by atoms with E-state index in [0.717, 1.165) is 43.1 Å². The maximum Gasteiger partial charge on any atom is 0.240 e. The van der Waals surface area contributed by atoms with Gasteiger partial charge in [0.15, 0.2) is 0 Å². The van der Waals surface area contributed by atoms with Crippen molar-refractivity contribution in [2.24, 2.45) is 5.73 Å². The number of hydrogen-bond donors (Lipinski definition) is 2. The van der Waals surface area contributed by atoms with Crippen LogP contribution >= 0.6 is 0 Å². The molecule has 2 fully saturated rings. The minimum atomic E-state index is -0.645. The van der Waals surface area contributed by atoms with Gasteiger partial charge in [0.2, 0.25) is 11.9 Å². The molecule has 0 bridgehead atoms. The molecule has 0 radical (unpaired) electrons. The van der Waals surface area contributed by atoms with Crippen LogP contribution < -0.4 is 16.0 Å². The van der Waals surface area contributed by atoms with Gasteiger partial charge in [-0.2, -0.15) is 0 Å². The zero-order valence-corrected chi connectivity index (χ0v) is 14.8. The van der Waals surface area contributed by atoms with E-state index in [9.17, 15) is 4.79 Å². The summed E-state index contributed by atoms with van der Waals surface area (Å²) < 4.78 is 0. The predicted molar refractivity (Wildman–Crippen MR) is 94.8 cm³/mol. The lowest BCUT2D eigenvalue weighted by Crippen LogP contribution is -2.43. The molecule has 0 aromatic carbocycles. The Hall–Kier alpha value is -1.69. The van der Waals surface area contributed by atoms with Crippen LogP contribution in [0.2, 0.25) is 0 Å². The molecule has 1 aromatic heterocycles. The van der Waals surface area contributed by atoms with Crippen LogP contribution in [0, 0.1) is 6.92 Å². The second-order valence-electron chi connectivity index (χ2n) is 7.32. The number of carbonyl (C=O) groups is 1. The standard InChI is InChI=1S/C18H29N5O/c1-13(21-16(24)18(19)8-9-18)15-12-20-17(22-14(15)2)23-10-6-4-3-5-7-11-23/h12-13H,3-11,19H2,1-2H3,(H,21,24)/t13-/m1/s1. The monoisotopic (exact) mass is 331 g/mol. The molecule has 1 aromatic rings. The fourth-order valence-corrected chi connectivity index (χ4v) is 3.27. The van der Waals surface area contributed by atoms with Gasteiger partial charge in [-0.05, 0) is 39.5 Å². The second-order valence-corrected chi connectivity index (χ2v) is 7.32. The smallest absolute Gasteiger partial charge is 0.240 e. The van der Waals surface area contributed by atoms with Crippen molar-refractivity contribution in [2.75, 3.05) is 18.0 Å². The highest BCUT2D eigenvalue weighted by molar-refractivity contribution is 5.89. The minimum Gasteiger partial charge on any atom is -0.348 e. The van der Waals surface area contributed by atoms with Crippen LogP contribution in [-0.4, -0.2) is 34.5 Å². The SMILES string of the molecule is Cc1nc(N2CCCCCCC2)ncc1[C@@H](C)NC(=O)C1(N)CC1. The molecule has 1 atom stereocenters. The molecule has 6 heteroatoms. The van der Waals surface area contributed by atoms with Crippen molar-refractivity contribution < 1.29 is 4.79 Å². The first-order chi connectivity index (χ1) is 11.5. The molecule has 2 heterocycles. The third-order valence-electron chi connectivity index (χ3n) is 5.20. The van der Waals surface area contributed by atoms with Crippen molar-refractivity contribution >= 4 is 11.9 Å². The van der Waals surface area contributed by atoms with E-state index < -0.39 is 5.54 Å². The summed E-state index contributed by atoms with van der Waals surface area (Å²) in [5, 5.41) is 3.00. The van der Waals surface area contributed by atoms with Crippen molar-refractivity contribution in [3.8, 4) is 0 Å². The number of hydrogen-bond acceptors (Lipinski definition) is 5. The number of rotatable bonds is 4. The molecule has 3 N–H and O–H groups in total. The Morgan fingerprint density at radius 1 is 1.25 bits per heavy atom. The third-order valence-corrected chi connectivity index (χ3v) is 5.20. The number of aromatic nitrogens is 2. The number of carbonyl (C=O) groups excluding carboxylic acids is 1. The lowest BCUT2D eigenvalue weighted by molar-refractivity contribution is -0.123. The molecule has 2 aliphatic rings. The first-order valence-corrected chi connectivity index (χ1v) is 9.18. The summed E-state index contributed by atoms with van der Waals surface area (Å²) in [5.74, 6) is 0.747. The van der Waals surface area contributed by atoms with E-state index in [4.69, 9.17) is 10.7 Å². The molecule has 3 rings (SSSR count). The Kier molecular flexibility index (Phi) is 5.04. The van der Waals surface area contributed by atoms with Gasteiger partial charge in [0, 0.05) is 30.5 Å². The van der Waals surface area contributed by atoms with E-state index in [0.29, 0.717) is 0 Å². The molecule has 132 valence electrons. The number of nitrogens with one attached hydrogen (secondary N) is 1. The highest BCUT2D eigenvalue weighted by Gasteiger charge is 2.46. The van der Waals surface area contributed by atoms with Gasteiger partial charge in [-0.1, -0.05) is 19.3 Å². The van der Waals surface area contributed by atoms with E-state index in [1.54, 1.807) is 0 Å². The van der Waals surface area contributed by atoms with Crippen molar-refractivity contribution in [2.45, 2.75) is 70.4 Å². The molecule has 1 aliphatic carbocycles. The van der Waals surface area contributed by atoms with E-state index in [2.05, 4.69) is 15.2 Å². The quantitative estimate of drug-likeness (QED) is 0.884. The number of amides is 1. The number of anilines is 1. The summed E-state index contributed by atoms with van der Waals surface area (Å²) in [6.07, 6.45) is 9.73. The maximum absolute atomic E-state index is 12.1. The summed E-state index contributed by atoms with van der Waals surface area (Å²) in [4.78, 5) is 23.7. The van der Waals surface area contributed by atoms with Gasteiger partial charge in [-0.25, -0.2) is 9.97 Å². The molecule has 0 spiro atoms. The van der Waals surface area contributed by atoms with Crippen molar-refractivity contribution in [1.29, 1.82) is 0 Å². The average molecular weight is 331 g/mol. The van der Waals surface area contributed by atoms with E-state index >= 15 is 0 Å². The fourth-order valence-electron chi connectivity index (χ4n) is 3.27. The molecule has 1 amide bonds. The topological polar surface area (TPSA) is 84.1 Å². The second kappa shape index (κ2) is 7.05. The highest BCUT2D eigenvalue weighted by atomic mass is 16.2. The van der Waals surface area contributed by atoms with Gasteiger partial charge in [0.05, 0.1) is 11.6 Å². The lowest BCUT2D eigenvalue weighted by atomic mass is 10.1. The Labute approximate surface area is 144 Å². The summed E-state index contributed by atoms with van der Waals surface area (Å²) >= 11 is 0. The van der Waals surface area contributed by atoms with Gasteiger partial charge in [-0.3, -0.25) is 4.79 Å². The predicted octanol–water partition coefficient (Wildman–Crippen LogP) is 2.22. The molecule has 1 saturated heterocycles. The van der Waals surface area contributed by atoms with Crippen molar-refractivity contribution in [3.63, 3.8) is 0 Å². The zero-order chi connectivity index (χ0) is 17.2. The molecule has 24 heavy (non-hydrogen) atoms. The lowest BCUT2D eigenvalue weighted by Gasteiger charge is -2.26. The fraction of sp³-hybridized carbons (Fsp3) is 0.722. The Morgan fingerprint density at radius 2 is 1.88 bits per heavy atom. The van der Waals surface area contributed by atoms with Crippen molar-refractivity contribution in [3.05, 3.63) is 17.5 Å². The van der Waals surface area contributed by atoms with E-state index in [1.165, 1.54) is 32.1 Å². The Bertz CT molecular complexity index is 591. The number of nitrogens with zero attached hydrogens (tertiary/aromatic N) is 3. The molecular weight excluding hydrogens is 302 g/mol. The van der Waals surface area contributed by atoms with Crippen LogP contribution in [0.5, 0.6) is 0 Å². The number of aryl methyl sites for hydroxylation is 1.